The zero-order valence-corrected chi connectivity index (χ0v) is 29.5. The van der Waals surface area contributed by atoms with Gasteiger partial charge in [0.1, 0.15) is 17.1 Å². The molecule has 1 N–H and O–H groups in total. The van der Waals surface area contributed by atoms with Crippen LogP contribution in [0.1, 0.15) is 39.3 Å². The maximum absolute atomic E-state index is 14.3. The van der Waals surface area contributed by atoms with Crippen molar-refractivity contribution in [2.24, 2.45) is 0 Å². The molecular weight excluding hydrogens is 693 g/mol. The van der Waals surface area contributed by atoms with Crippen LogP contribution in [0.5, 0.6) is 0 Å². The first-order valence-corrected chi connectivity index (χ1v) is 18.7. The summed E-state index contributed by atoms with van der Waals surface area (Å²) in [5.74, 6) is -1.77. The van der Waals surface area contributed by atoms with Gasteiger partial charge in [0, 0.05) is 16.7 Å². The summed E-state index contributed by atoms with van der Waals surface area (Å²) in [6.07, 6.45) is 1.53. The molecule has 0 radical (unpaired) electrons. The molecule has 0 aliphatic carbocycles. The van der Waals surface area contributed by atoms with Gasteiger partial charge in [-0.2, -0.15) is 0 Å². The number of amides is 2. The molecule has 8 nitrogen and oxygen atoms in total. The summed E-state index contributed by atoms with van der Waals surface area (Å²) in [7, 11) is 0. The number of nitrogens with zero attached hydrogens (tertiary/aromatic N) is 1. The van der Waals surface area contributed by atoms with E-state index in [0.29, 0.717) is 5.57 Å². The van der Waals surface area contributed by atoms with E-state index in [1.165, 1.54) is 40.2 Å². The van der Waals surface area contributed by atoms with Crippen LogP contribution < -0.4 is 5.32 Å². The van der Waals surface area contributed by atoms with E-state index in [2.05, 4.69) is 5.32 Å². The Hall–Kier alpha value is -5.71. The van der Waals surface area contributed by atoms with Crippen molar-refractivity contribution >= 4 is 46.9 Å². The number of carbonyl (C=O) groups excluding carboxylic acids is 4. The van der Waals surface area contributed by atoms with Crippen molar-refractivity contribution in [1.29, 1.82) is 0 Å². The maximum atomic E-state index is 14.3. The lowest BCUT2D eigenvalue weighted by Crippen LogP contribution is -2.70. The van der Waals surface area contributed by atoms with Crippen LogP contribution in [-0.2, 0) is 35.1 Å². The summed E-state index contributed by atoms with van der Waals surface area (Å²) >= 11 is 2.87. The molecule has 0 bridgehead atoms. The van der Waals surface area contributed by atoms with Crippen molar-refractivity contribution in [2.75, 3.05) is 5.75 Å². The summed E-state index contributed by atoms with van der Waals surface area (Å²) in [5.41, 5.74) is 3.58. The number of ether oxygens (including phenoxy) is 2. The molecule has 0 saturated carbocycles. The molecule has 1 aromatic heterocycles. The highest BCUT2D eigenvalue weighted by atomic mass is 32.2. The number of hydrogen-bond donors (Lipinski definition) is 1. The van der Waals surface area contributed by atoms with Crippen LogP contribution in [0.2, 0.25) is 0 Å². The Morgan fingerprint density at radius 1 is 0.731 bits per heavy atom. The summed E-state index contributed by atoms with van der Waals surface area (Å²) in [5, 5.41) is 4.23. The number of hydrogen-bond acceptors (Lipinski definition) is 8. The molecule has 2 amide bonds. The smallest absolute Gasteiger partial charge is 0.356 e. The number of benzene rings is 4. The largest absolute Gasteiger partial charge is 0.449 e. The third-order valence-corrected chi connectivity index (χ3v) is 10.9. The monoisotopic (exact) mass is 726 g/mol. The summed E-state index contributed by atoms with van der Waals surface area (Å²) < 4.78 is 12.2. The van der Waals surface area contributed by atoms with Gasteiger partial charge in [-0.25, -0.2) is 9.59 Å². The topological polar surface area (TPSA) is 102 Å². The number of carbonyl (C=O) groups is 4. The molecule has 5 aromatic rings. The Labute approximate surface area is 309 Å². The molecule has 3 heterocycles. The average molecular weight is 727 g/mol. The van der Waals surface area contributed by atoms with Crippen LogP contribution in [0.4, 0.5) is 0 Å². The molecule has 0 unspecified atom stereocenters. The number of fused-ring (bicyclic) bond motifs is 1. The predicted octanol–water partition coefficient (Wildman–Crippen LogP) is 7.17. The van der Waals surface area contributed by atoms with Crippen molar-refractivity contribution in [1.82, 2.24) is 10.2 Å². The van der Waals surface area contributed by atoms with Gasteiger partial charge in [0.05, 0.1) is 6.42 Å². The number of allylic oxidation sites excluding steroid dienone is 1. The lowest BCUT2D eigenvalue weighted by atomic mass is 10.0. The molecular formula is C42H34N2O6S2. The number of β-lactam (4-membered cyclic amide) rings is 1. The van der Waals surface area contributed by atoms with E-state index >= 15 is 0 Å². The van der Waals surface area contributed by atoms with Gasteiger partial charge < -0.3 is 14.8 Å². The fraction of sp³-hybridized carbons (Fsp3) is 0.143. The third kappa shape index (κ3) is 7.78. The molecule has 10 heteroatoms. The zero-order chi connectivity index (χ0) is 35.9. The molecule has 4 aromatic carbocycles. The van der Waals surface area contributed by atoms with E-state index in [9.17, 15) is 19.2 Å². The molecule has 0 spiro atoms. The Bertz CT molecular complexity index is 2010. The first-order chi connectivity index (χ1) is 25.5. The predicted molar refractivity (Wildman–Crippen MR) is 201 cm³/mol. The second-order valence-electron chi connectivity index (χ2n) is 12.2. The van der Waals surface area contributed by atoms with Gasteiger partial charge in [-0.1, -0.05) is 127 Å². The number of nitrogens with one attached hydrogen (secondary N) is 1. The van der Waals surface area contributed by atoms with E-state index in [0.717, 1.165) is 27.1 Å². The van der Waals surface area contributed by atoms with Gasteiger partial charge in [-0.3, -0.25) is 14.5 Å². The molecule has 260 valence electrons. The van der Waals surface area contributed by atoms with Gasteiger partial charge in [0.15, 0.2) is 12.2 Å². The summed E-state index contributed by atoms with van der Waals surface area (Å²) in [6.45, 7) is 0. The quantitative estimate of drug-likeness (QED) is 0.0827. The Kier molecular flexibility index (Phi) is 10.7. The minimum Gasteiger partial charge on any atom is -0.449 e. The van der Waals surface area contributed by atoms with E-state index in [-0.39, 0.29) is 23.8 Å². The SMILES string of the molecule is O=C(Cc1cccs1)N[C@@H]1C(=O)N2C(C(=O)OC(c3ccccc3)c3ccccc3)=C(/C=C/C(=O)OC(c3ccccc3)c3ccccc3)CS[C@H]12. The average Bonchev–Trinajstić information content (AvgIpc) is 3.71. The Morgan fingerprint density at radius 3 is 1.75 bits per heavy atom. The fourth-order valence-corrected chi connectivity index (χ4v) is 8.23. The van der Waals surface area contributed by atoms with E-state index in [4.69, 9.17) is 9.47 Å². The van der Waals surface area contributed by atoms with Crippen LogP contribution >= 0.6 is 23.1 Å². The third-order valence-electron chi connectivity index (χ3n) is 8.71. The van der Waals surface area contributed by atoms with E-state index in [1.54, 1.807) is 0 Å². The lowest BCUT2D eigenvalue weighted by molar-refractivity contribution is -0.154. The minimum atomic E-state index is -0.813. The lowest BCUT2D eigenvalue weighted by Gasteiger charge is -2.49. The van der Waals surface area contributed by atoms with Crippen molar-refractivity contribution in [3.05, 3.63) is 189 Å². The molecule has 7 rings (SSSR count). The first-order valence-electron chi connectivity index (χ1n) is 16.8. The van der Waals surface area contributed by atoms with Crippen LogP contribution in [0.25, 0.3) is 0 Å². The van der Waals surface area contributed by atoms with Gasteiger partial charge in [0.2, 0.25) is 5.91 Å². The fourth-order valence-electron chi connectivity index (χ4n) is 6.21. The molecule has 2 atom stereocenters. The second kappa shape index (κ2) is 16.1. The highest BCUT2D eigenvalue weighted by molar-refractivity contribution is 8.00. The maximum Gasteiger partial charge on any atom is 0.356 e. The molecule has 1 saturated heterocycles. The van der Waals surface area contributed by atoms with E-state index in [1.807, 2.05) is 139 Å². The van der Waals surface area contributed by atoms with Crippen LogP contribution in [0.3, 0.4) is 0 Å². The van der Waals surface area contributed by atoms with Crippen molar-refractivity contribution < 1.29 is 28.7 Å². The molecule has 1 fully saturated rings. The molecule has 2 aliphatic heterocycles. The van der Waals surface area contributed by atoms with Crippen molar-refractivity contribution in [2.45, 2.75) is 30.0 Å². The standard InChI is InChI=1S/C42H34N2O6S2/c45-34(26-33-22-13-25-51-33)43-36-40(47)44-37(42(48)50-39(30-18-9-3-10-19-30)31-20-11-4-12-21-31)32(27-52-41(36)44)23-24-35(46)49-38(28-14-5-1-6-15-28)29-16-7-2-8-17-29/h1-25,36,38-39,41H,26-27H2,(H,43,45)/b24-23+/t36-,41-/m1/s1. The summed E-state index contributed by atoms with van der Waals surface area (Å²) in [6, 6.07) is 40.5. The number of esters is 2. The van der Waals surface area contributed by atoms with Gasteiger partial charge in [0.25, 0.3) is 5.91 Å². The second-order valence-corrected chi connectivity index (χ2v) is 14.3. The van der Waals surface area contributed by atoms with Crippen LogP contribution in [-0.4, -0.2) is 45.8 Å². The van der Waals surface area contributed by atoms with Crippen molar-refractivity contribution in [3.8, 4) is 0 Å². The van der Waals surface area contributed by atoms with Gasteiger partial charge in [-0.15, -0.1) is 23.1 Å². The first kappa shape index (κ1) is 34.7. The van der Waals surface area contributed by atoms with Crippen molar-refractivity contribution in [3.63, 3.8) is 0 Å². The Morgan fingerprint density at radius 2 is 1.25 bits per heavy atom. The minimum absolute atomic E-state index is 0.0288. The highest BCUT2D eigenvalue weighted by Gasteiger charge is 2.54. The van der Waals surface area contributed by atoms with Gasteiger partial charge in [-0.05, 0) is 45.3 Å². The number of thiophene rings is 1. The molecule has 52 heavy (non-hydrogen) atoms. The van der Waals surface area contributed by atoms with Crippen LogP contribution in [0.15, 0.2) is 162 Å². The number of rotatable bonds is 12. The number of thioether (sulfide) groups is 1. The summed E-state index contributed by atoms with van der Waals surface area (Å²) in [4.78, 5) is 56.6. The van der Waals surface area contributed by atoms with Gasteiger partial charge >= 0.3 is 11.9 Å². The molecule has 2 aliphatic rings. The van der Waals surface area contributed by atoms with E-state index < -0.39 is 41.5 Å². The zero-order valence-electron chi connectivity index (χ0n) is 27.9. The van der Waals surface area contributed by atoms with Crippen LogP contribution in [0, 0.1) is 0 Å². The normalized spacial score (nSPS) is 16.8. The highest BCUT2D eigenvalue weighted by Crippen LogP contribution is 2.42. The Balaban J connectivity index is 1.18.